The number of nitrogens with one attached hydrogen (secondary N) is 1. The van der Waals surface area contributed by atoms with Crippen LogP contribution in [0, 0.1) is 6.92 Å². The highest BCUT2D eigenvalue weighted by Crippen LogP contribution is 2.37. The molecule has 0 aliphatic carbocycles. The van der Waals surface area contributed by atoms with E-state index in [1.54, 1.807) is 7.05 Å². The second kappa shape index (κ2) is 5.21. The summed E-state index contributed by atoms with van der Waals surface area (Å²) in [5.74, 6) is 0.533. The first-order valence-corrected chi connectivity index (χ1v) is 7.16. The van der Waals surface area contributed by atoms with Crippen LogP contribution in [-0.4, -0.2) is 23.3 Å². The van der Waals surface area contributed by atoms with Crippen LogP contribution in [0.4, 0.5) is 10.2 Å². The van der Waals surface area contributed by atoms with Crippen LogP contribution < -0.4 is 5.32 Å². The Morgan fingerprint density at radius 1 is 1.29 bits per heavy atom. The zero-order valence-corrected chi connectivity index (χ0v) is 12.3. The molecule has 0 fully saturated rings. The zero-order chi connectivity index (χ0) is 15.0. The van der Waals surface area contributed by atoms with E-state index in [1.165, 1.54) is 11.3 Å². The molecule has 106 valence electrons. The second-order valence-corrected chi connectivity index (χ2v) is 5.70. The summed E-state index contributed by atoms with van der Waals surface area (Å²) in [5.41, 5.74) is 1.93. The van der Waals surface area contributed by atoms with E-state index < -0.39 is 6.04 Å². The van der Waals surface area contributed by atoms with Crippen LogP contribution in [-0.2, 0) is 0 Å². The number of rotatable bonds is 3. The first kappa shape index (κ1) is 13.6. The first-order valence-electron chi connectivity index (χ1n) is 6.35. The maximum Gasteiger partial charge on any atom is 0.353 e. The molecule has 3 aromatic rings. The Labute approximate surface area is 124 Å². The largest absolute Gasteiger partial charge is 0.371 e. The number of aryl methyl sites for hydroxylation is 1. The van der Waals surface area contributed by atoms with Gasteiger partial charge in [0, 0.05) is 17.3 Å². The van der Waals surface area contributed by atoms with E-state index in [0.29, 0.717) is 15.9 Å². The molecule has 0 radical (unpaired) electrons. The molecule has 21 heavy (non-hydrogen) atoms. The molecule has 0 bridgehead atoms. The van der Waals surface area contributed by atoms with Gasteiger partial charge in [-0.05, 0) is 18.6 Å². The number of carbonyl (C=O) groups is 1. The predicted octanol–water partition coefficient (Wildman–Crippen LogP) is 3.82. The lowest BCUT2D eigenvalue weighted by Gasteiger charge is -2.00. The summed E-state index contributed by atoms with van der Waals surface area (Å²) in [7, 11) is 1.71. The Morgan fingerprint density at radius 3 is 2.76 bits per heavy atom. The topological polar surface area (TPSA) is 54.9 Å². The van der Waals surface area contributed by atoms with Crippen LogP contribution in [0.5, 0.6) is 0 Å². The van der Waals surface area contributed by atoms with Gasteiger partial charge in [-0.15, -0.1) is 21.5 Å². The van der Waals surface area contributed by atoms with Crippen molar-refractivity contribution in [2.75, 3.05) is 12.4 Å². The number of anilines is 1. The Hall–Kier alpha value is -2.34. The minimum absolute atomic E-state index is 0.229. The molecule has 4 nitrogen and oxygen atoms in total. The number of halogens is 1. The maximum absolute atomic E-state index is 13.1. The average molecular weight is 301 g/mol. The lowest BCUT2D eigenvalue weighted by molar-refractivity contribution is 0.0831. The van der Waals surface area contributed by atoms with Crippen LogP contribution in [0.15, 0.2) is 30.3 Å². The van der Waals surface area contributed by atoms with Gasteiger partial charge in [0.15, 0.2) is 11.5 Å². The van der Waals surface area contributed by atoms with Gasteiger partial charge in [-0.3, -0.25) is 4.79 Å². The van der Waals surface area contributed by atoms with E-state index >= 15 is 0 Å². The van der Waals surface area contributed by atoms with Gasteiger partial charge in [-0.2, -0.15) is 4.39 Å². The van der Waals surface area contributed by atoms with E-state index in [-0.39, 0.29) is 5.69 Å². The summed E-state index contributed by atoms with van der Waals surface area (Å²) >= 11 is 1.34. The van der Waals surface area contributed by atoms with Gasteiger partial charge in [0.25, 0.3) is 0 Å². The normalized spacial score (nSPS) is 10.8. The van der Waals surface area contributed by atoms with Crippen molar-refractivity contribution in [3.8, 4) is 10.4 Å². The molecule has 1 aromatic carbocycles. The number of hydrogen-bond acceptors (Lipinski definition) is 5. The van der Waals surface area contributed by atoms with Gasteiger partial charge in [-0.1, -0.05) is 29.8 Å². The molecule has 2 aromatic heterocycles. The fourth-order valence-corrected chi connectivity index (χ4v) is 3.32. The molecule has 0 spiro atoms. The standard InChI is InChI=1S/C15H12FN3OS/c1-8-4-3-5-9(6-8)11-7-10-13(21-11)12(14(16)20)18-19-15(10)17-2/h3-7H,1-2H3,(H,17,19). The molecule has 0 atom stereocenters. The van der Waals surface area contributed by atoms with E-state index in [9.17, 15) is 9.18 Å². The number of nitrogens with zero attached hydrogens (tertiary/aromatic N) is 2. The number of benzene rings is 1. The first-order chi connectivity index (χ1) is 10.1. The van der Waals surface area contributed by atoms with E-state index in [4.69, 9.17) is 0 Å². The van der Waals surface area contributed by atoms with Crippen LogP contribution >= 0.6 is 11.3 Å². The highest BCUT2D eigenvalue weighted by atomic mass is 32.1. The zero-order valence-electron chi connectivity index (χ0n) is 11.5. The average Bonchev–Trinajstić information content (AvgIpc) is 2.90. The smallest absolute Gasteiger partial charge is 0.353 e. The Balaban J connectivity index is 2.27. The number of fused-ring (bicyclic) bond motifs is 1. The molecule has 0 amide bonds. The maximum atomic E-state index is 13.1. The summed E-state index contributed by atoms with van der Waals surface area (Å²) in [6.45, 7) is 2.01. The molecular weight excluding hydrogens is 289 g/mol. The Morgan fingerprint density at radius 2 is 2.10 bits per heavy atom. The van der Waals surface area contributed by atoms with E-state index in [1.807, 2.05) is 37.3 Å². The molecular formula is C15H12FN3OS. The third-order valence-electron chi connectivity index (χ3n) is 3.18. The summed E-state index contributed by atoms with van der Waals surface area (Å²) in [6.07, 6.45) is 0. The van der Waals surface area contributed by atoms with Crippen molar-refractivity contribution in [2.45, 2.75) is 6.92 Å². The Kier molecular flexibility index (Phi) is 3.39. The van der Waals surface area contributed by atoms with Gasteiger partial charge >= 0.3 is 6.04 Å². The molecule has 0 unspecified atom stereocenters. The van der Waals surface area contributed by atoms with Crippen molar-refractivity contribution in [3.05, 3.63) is 41.6 Å². The molecule has 1 N–H and O–H groups in total. The third kappa shape index (κ3) is 2.38. The van der Waals surface area contributed by atoms with Crippen molar-refractivity contribution in [1.29, 1.82) is 0 Å². The lowest BCUT2D eigenvalue weighted by atomic mass is 10.1. The number of hydrogen-bond donors (Lipinski definition) is 1. The molecule has 6 heteroatoms. The van der Waals surface area contributed by atoms with Crippen molar-refractivity contribution in [2.24, 2.45) is 0 Å². The summed E-state index contributed by atoms with van der Waals surface area (Å²) in [4.78, 5) is 12.0. The third-order valence-corrected chi connectivity index (χ3v) is 4.37. The highest BCUT2D eigenvalue weighted by Gasteiger charge is 2.18. The van der Waals surface area contributed by atoms with E-state index in [0.717, 1.165) is 16.0 Å². The molecule has 0 saturated heterocycles. The van der Waals surface area contributed by atoms with Gasteiger partial charge in [0.2, 0.25) is 0 Å². The van der Waals surface area contributed by atoms with Gasteiger partial charge in [-0.25, -0.2) is 0 Å². The van der Waals surface area contributed by atoms with Crippen LogP contribution in [0.3, 0.4) is 0 Å². The van der Waals surface area contributed by atoms with Gasteiger partial charge in [0.1, 0.15) is 0 Å². The fourth-order valence-electron chi connectivity index (χ4n) is 2.20. The Bertz CT molecular complexity index is 844. The lowest BCUT2D eigenvalue weighted by Crippen LogP contribution is -2.01. The fraction of sp³-hybridized carbons (Fsp3) is 0.133. The van der Waals surface area contributed by atoms with E-state index in [2.05, 4.69) is 15.5 Å². The van der Waals surface area contributed by atoms with Crippen LogP contribution in [0.2, 0.25) is 0 Å². The second-order valence-electron chi connectivity index (χ2n) is 4.64. The summed E-state index contributed by atoms with van der Waals surface area (Å²) in [5, 5.41) is 11.1. The molecule has 3 rings (SSSR count). The van der Waals surface area contributed by atoms with Crippen molar-refractivity contribution in [1.82, 2.24) is 10.2 Å². The molecule has 0 aliphatic heterocycles. The number of aromatic nitrogens is 2. The summed E-state index contributed by atoms with van der Waals surface area (Å²) < 4.78 is 13.6. The number of carbonyl (C=O) groups excluding carboxylic acids is 1. The van der Waals surface area contributed by atoms with Crippen LogP contribution in [0.25, 0.3) is 20.5 Å². The minimum atomic E-state index is -1.56. The van der Waals surface area contributed by atoms with Crippen molar-refractivity contribution in [3.63, 3.8) is 0 Å². The van der Waals surface area contributed by atoms with Crippen LogP contribution in [0.1, 0.15) is 16.1 Å². The molecule has 2 heterocycles. The number of thiophene rings is 1. The highest BCUT2D eigenvalue weighted by molar-refractivity contribution is 7.22. The SMILES string of the molecule is CNc1nnc(C(=O)F)c2sc(-c3cccc(C)c3)cc12. The predicted molar refractivity (Wildman–Crippen MR) is 82.6 cm³/mol. The molecule has 0 aliphatic rings. The van der Waals surface area contributed by atoms with Crippen molar-refractivity contribution < 1.29 is 9.18 Å². The van der Waals surface area contributed by atoms with Gasteiger partial charge < -0.3 is 5.32 Å². The molecule has 0 saturated carbocycles. The minimum Gasteiger partial charge on any atom is -0.371 e. The summed E-state index contributed by atoms with van der Waals surface area (Å²) in [6, 6.07) is 8.34. The van der Waals surface area contributed by atoms with Crippen molar-refractivity contribution >= 4 is 33.3 Å². The monoisotopic (exact) mass is 301 g/mol. The van der Waals surface area contributed by atoms with Gasteiger partial charge in [0.05, 0.1) is 4.70 Å². The quantitative estimate of drug-likeness (QED) is 0.747.